The lowest BCUT2D eigenvalue weighted by Gasteiger charge is -2.38. The van der Waals surface area contributed by atoms with Gasteiger partial charge in [0.25, 0.3) is 0 Å². The van der Waals surface area contributed by atoms with Gasteiger partial charge in [-0.3, -0.25) is 4.79 Å². The molecule has 0 aromatic heterocycles. The van der Waals surface area contributed by atoms with E-state index >= 15 is 0 Å². The molecule has 0 unspecified atom stereocenters. The Morgan fingerprint density at radius 1 is 1.20 bits per heavy atom. The number of carboxylic acids is 1. The molecule has 0 bridgehead atoms. The van der Waals surface area contributed by atoms with Gasteiger partial charge >= 0.3 is 12.0 Å². The Bertz CT molecular complexity index is 327. The van der Waals surface area contributed by atoms with E-state index in [0.717, 1.165) is 25.7 Å². The Morgan fingerprint density at radius 2 is 1.80 bits per heavy atom. The van der Waals surface area contributed by atoms with E-state index in [1.54, 1.807) is 18.7 Å². The Labute approximate surface area is 120 Å². The molecule has 0 radical (unpaired) electrons. The van der Waals surface area contributed by atoms with Crippen molar-refractivity contribution in [1.82, 2.24) is 9.80 Å². The fourth-order valence-electron chi connectivity index (χ4n) is 2.72. The maximum Gasteiger partial charge on any atom is 0.323 e. The third-order valence-electron chi connectivity index (χ3n) is 3.78. The number of rotatable bonds is 6. The van der Waals surface area contributed by atoms with E-state index in [-0.39, 0.29) is 37.8 Å². The van der Waals surface area contributed by atoms with Crippen molar-refractivity contribution in [3.63, 3.8) is 0 Å². The molecule has 0 atom stereocenters. The second-order valence-corrected chi connectivity index (χ2v) is 5.61. The molecule has 0 heterocycles. The first-order valence-corrected chi connectivity index (χ1v) is 7.37. The number of carbonyl (C=O) groups is 2. The van der Waals surface area contributed by atoms with Crippen LogP contribution in [-0.2, 0) is 4.79 Å². The van der Waals surface area contributed by atoms with Gasteiger partial charge in [0.2, 0.25) is 0 Å². The van der Waals surface area contributed by atoms with Crippen LogP contribution in [0.2, 0.25) is 0 Å². The van der Waals surface area contributed by atoms with E-state index < -0.39 is 5.97 Å². The van der Waals surface area contributed by atoms with Crippen LogP contribution in [0.4, 0.5) is 4.79 Å². The van der Waals surface area contributed by atoms with Gasteiger partial charge in [-0.05, 0) is 26.7 Å². The number of amides is 2. The van der Waals surface area contributed by atoms with Gasteiger partial charge in [0, 0.05) is 18.6 Å². The van der Waals surface area contributed by atoms with Crippen molar-refractivity contribution in [3.05, 3.63) is 0 Å². The fourth-order valence-corrected chi connectivity index (χ4v) is 2.72. The van der Waals surface area contributed by atoms with Crippen molar-refractivity contribution >= 4 is 12.0 Å². The van der Waals surface area contributed by atoms with Gasteiger partial charge in [0.05, 0.1) is 6.61 Å². The molecule has 0 saturated heterocycles. The molecule has 0 spiro atoms. The lowest BCUT2D eigenvalue weighted by molar-refractivity contribution is -0.138. The van der Waals surface area contributed by atoms with Gasteiger partial charge in [-0.2, -0.15) is 0 Å². The van der Waals surface area contributed by atoms with Crippen LogP contribution in [-0.4, -0.2) is 63.8 Å². The number of aliphatic hydroxyl groups excluding tert-OH is 1. The molecule has 0 aliphatic heterocycles. The average Bonchev–Trinajstić information content (AvgIpc) is 2.42. The highest BCUT2D eigenvalue weighted by Crippen LogP contribution is 2.23. The van der Waals surface area contributed by atoms with Crippen LogP contribution >= 0.6 is 0 Å². The van der Waals surface area contributed by atoms with Crippen molar-refractivity contribution in [1.29, 1.82) is 0 Å². The van der Waals surface area contributed by atoms with Crippen LogP contribution in [0.3, 0.4) is 0 Å². The Kier molecular flexibility index (Phi) is 6.78. The van der Waals surface area contributed by atoms with Crippen molar-refractivity contribution in [2.75, 3.05) is 19.7 Å². The van der Waals surface area contributed by atoms with E-state index in [9.17, 15) is 14.7 Å². The third kappa shape index (κ3) is 4.67. The first-order chi connectivity index (χ1) is 9.47. The van der Waals surface area contributed by atoms with Gasteiger partial charge in [-0.1, -0.05) is 19.3 Å². The molecule has 0 aromatic carbocycles. The number of hydrogen-bond acceptors (Lipinski definition) is 3. The van der Waals surface area contributed by atoms with Gasteiger partial charge in [0.15, 0.2) is 0 Å². The minimum atomic E-state index is -1.01. The number of urea groups is 1. The summed E-state index contributed by atoms with van der Waals surface area (Å²) < 4.78 is 0. The molecule has 0 aromatic rings. The van der Waals surface area contributed by atoms with Crippen LogP contribution in [0, 0.1) is 0 Å². The lowest BCUT2D eigenvalue weighted by atomic mass is 9.94. The van der Waals surface area contributed by atoms with Gasteiger partial charge < -0.3 is 20.0 Å². The normalized spacial score (nSPS) is 16.2. The van der Waals surface area contributed by atoms with Gasteiger partial charge in [0.1, 0.15) is 6.54 Å². The monoisotopic (exact) mass is 286 g/mol. The summed E-state index contributed by atoms with van der Waals surface area (Å²) in [4.78, 5) is 26.5. The summed E-state index contributed by atoms with van der Waals surface area (Å²) in [6.45, 7) is 3.48. The van der Waals surface area contributed by atoms with Crippen molar-refractivity contribution in [3.8, 4) is 0 Å². The first kappa shape index (κ1) is 16.8. The molecule has 20 heavy (non-hydrogen) atoms. The molecule has 116 valence electrons. The summed E-state index contributed by atoms with van der Waals surface area (Å²) in [7, 11) is 0. The van der Waals surface area contributed by atoms with E-state index in [0.29, 0.717) is 0 Å². The molecule has 2 N–H and O–H groups in total. The summed E-state index contributed by atoms with van der Waals surface area (Å²) in [5.41, 5.74) is 0. The SMILES string of the molecule is CC(C)N(CC(=O)O)C(=O)N(CCO)C1CCCCC1. The molecule has 1 rings (SSSR count). The minimum absolute atomic E-state index is 0.0960. The molecular weight excluding hydrogens is 260 g/mol. The van der Waals surface area contributed by atoms with Crippen LogP contribution in [0.25, 0.3) is 0 Å². The van der Waals surface area contributed by atoms with Crippen LogP contribution in [0.1, 0.15) is 46.0 Å². The summed E-state index contributed by atoms with van der Waals surface area (Å²) in [5.74, 6) is -1.01. The van der Waals surface area contributed by atoms with E-state index in [1.807, 2.05) is 0 Å². The molecule has 2 amide bonds. The summed E-state index contributed by atoms with van der Waals surface area (Å²) >= 11 is 0. The number of aliphatic hydroxyl groups is 1. The number of nitrogens with zero attached hydrogens (tertiary/aromatic N) is 2. The van der Waals surface area contributed by atoms with E-state index in [2.05, 4.69) is 0 Å². The van der Waals surface area contributed by atoms with Crippen LogP contribution < -0.4 is 0 Å². The molecule has 1 aliphatic carbocycles. The first-order valence-electron chi connectivity index (χ1n) is 7.37. The Hall–Kier alpha value is -1.30. The largest absolute Gasteiger partial charge is 0.480 e. The zero-order valence-corrected chi connectivity index (χ0v) is 12.4. The Morgan fingerprint density at radius 3 is 2.25 bits per heavy atom. The number of aliphatic carboxylic acids is 1. The number of carboxylic acid groups (broad SMARTS) is 1. The molecule has 6 nitrogen and oxygen atoms in total. The number of hydrogen-bond donors (Lipinski definition) is 2. The van der Waals surface area contributed by atoms with E-state index in [1.165, 1.54) is 11.3 Å². The second-order valence-electron chi connectivity index (χ2n) is 5.61. The smallest absolute Gasteiger partial charge is 0.323 e. The Balaban J connectivity index is 2.81. The molecule has 1 saturated carbocycles. The molecule has 6 heteroatoms. The molecule has 1 fully saturated rings. The maximum absolute atomic E-state index is 12.6. The molecular formula is C14H26N2O4. The fraction of sp³-hybridized carbons (Fsp3) is 0.857. The van der Waals surface area contributed by atoms with Crippen molar-refractivity contribution < 1.29 is 19.8 Å². The summed E-state index contributed by atoms with van der Waals surface area (Å²) in [6.07, 6.45) is 5.22. The van der Waals surface area contributed by atoms with Gasteiger partial charge in [-0.15, -0.1) is 0 Å². The summed E-state index contributed by atoms with van der Waals surface area (Å²) in [5, 5.41) is 18.1. The molecule has 1 aliphatic rings. The zero-order chi connectivity index (χ0) is 15.1. The van der Waals surface area contributed by atoms with Crippen LogP contribution in [0.15, 0.2) is 0 Å². The predicted molar refractivity (Wildman–Crippen MR) is 75.5 cm³/mol. The van der Waals surface area contributed by atoms with Crippen molar-refractivity contribution in [2.45, 2.75) is 58.0 Å². The quantitative estimate of drug-likeness (QED) is 0.776. The number of carbonyl (C=O) groups excluding carboxylic acids is 1. The topological polar surface area (TPSA) is 81.1 Å². The lowest BCUT2D eigenvalue weighted by Crippen LogP contribution is -2.53. The van der Waals surface area contributed by atoms with E-state index in [4.69, 9.17) is 5.11 Å². The highest BCUT2D eigenvalue weighted by atomic mass is 16.4. The minimum Gasteiger partial charge on any atom is -0.480 e. The average molecular weight is 286 g/mol. The highest BCUT2D eigenvalue weighted by molar-refractivity contribution is 5.80. The second kappa shape index (κ2) is 8.09. The highest BCUT2D eigenvalue weighted by Gasteiger charge is 2.30. The zero-order valence-electron chi connectivity index (χ0n) is 12.4. The van der Waals surface area contributed by atoms with Crippen LogP contribution in [0.5, 0.6) is 0 Å². The summed E-state index contributed by atoms with van der Waals surface area (Å²) in [6, 6.07) is -0.329. The standard InChI is InChI=1S/C14H26N2O4/c1-11(2)16(10-13(18)19)14(20)15(8-9-17)12-6-4-3-5-7-12/h11-12,17H,3-10H2,1-2H3,(H,18,19). The van der Waals surface area contributed by atoms with Gasteiger partial charge in [-0.25, -0.2) is 4.79 Å². The predicted octanol–water partition coefficient (Wildman–Crippen LogP) is 1.53. The maximum atomic E-state index is 12.6. The third-order valence-corrected chi connectivity index (χ3v) is 3.78. The van der Waals surface area contributed by atoms with Crippen molar-refractivity contribution in [2.24, 2.45) is 0 Å².